The van der Waals surface area contributed by atoms with Crippen molar-refractivity contribution in [2.75, 3.05) is 6.61 Å². The maximum absolute atomic E-state index is 13.2. The van der Waals surface area contributed by atoms with Crippen LogP contribution in [0.15, 0.2) is 72.3 Å². The van der Waals surface area contributed by atoms with Crippen molar-refractivity contribution in [1.82, 2.24) is 4.90 Å². The summed E-state index contributed by atoms with van der Waals surface area (Å²) in [5.41, 5.74) is 2.63. The quantitative estimate of drug-likeness (QED) is 0.430. The van der Waals surface area contributed by atoms with Gasteiger partial charge in [-0.3, -0.25) is 9.69 Å². The Morgan fingerprint density at radius 2 is 1.41 bits per heavy atom. The third-order valence-corrected chi connectivity index (χ3v) is 4.73. The Labute approximate surface area is 174 Å². The maximum atomic E-state index is 13.2. The van der Waals surface area contributed by atoms with Crippen LogP contribution in [-0.4, -0.2) is 29.3 Å². The van der Waals surface area contributed by atoms with Crippen molar-refractivity contribution in [2.24, 2.45) is 5.92 Å². The van der Waals surface area contributed by atoms with E-state index in [-0.39, 0.29) is 17.7 Å². The van der Waals surface area contributed by atoms with Crippen LogP contribution in [0, 0.1) is 5.92 Å². The van der Waals surface area contributed by atoms with Crippen LogP contribution < -0.4 is 0 Å². The van der Waals surface area contributed by atoms with Crippen molar-refractivity contribution >= 4 is 11.8 Å². The zero-order valence-electron chi connectivity index (χ0n) is 17.8. The van der Waals surface area contributed by atoms with Crippen molar-refractivity contribution in [3.63, 3.8) is 0 Å². The van der Waals surface area contributed by atoms with E-state index in [0.29, 0.717) is 25.3 Å². The molecule has 0 heterocycles. The molecule has 0 fully saturated rings. The summed E-state index contributed by atoms with van der Waals surface area (Å²) >= 11 is 0. The minimum absolute atomic E-state index is 0.0718. The van der Waals surface area contributed by atoms with Gasteiger partial charge in [0.25, 0.3) is 0 Å². The molecule has 4 heteroatoms. The highest BCUT2D eigenvalue weighted by Gasteiger charge is 2.28. The highest BCUT2D eigenvalue weighted by molar-refractivity contribution is 6.01. The van der Waals surface area contributed by atoms with E-state index in [4.69, 9.17) is 4.74 Å². The molecule has 0 unspecified atom stereocenters. The number of hydrogen-bond donors (Lipinski definition) is 0. The molecule has 2 aromatic rings. The topological polar surface area (TPSA) is 46.6 Å². The first kappa shape index (κ1) is 22.6. The number of benzene rings is 2. The Morgan fingerprint density at radius 3 is 1.83 bits per heavy atom. The van der Waals surface area contributed by atoms with Crippen molar-refractivity contribution < 1.29 is 14.3 Å². The Balaban J connectivity index is 2.33. The Morgan fingerprint density at radius 1 is 0.931 bits per heavy atom. The fourth-order valence-electron chi connectivity index (χ4n) is 3.42. The average molecular weight is 394 g/mol. The molecule has 0 aromatic heterocycles. The summed E-state index contributed by atoms with van der Waals surface area (Å²) in [7, 11) is 0. The Kier molecular flexibility index (Phi) is 8.81. The summed E-state index contributed by atoms with van der Waals surface area (Å²) in [6, 6.07) is 19.9. The van der Waals surface area contributed by atoms with Gasteiger partial charge in [0.1, 0.15) is 0 Å². The molecule has 0 aliphatic heterocycles. The molecule has 4 nitrogen and oxygen atoms in total. The summed E-state index contributed by atoms with van der Waals surface area (Å²) < 4.78 is 5.02. The number of carbonyl (C=O) groups excluding carboxylic acids is 2. The molecule has 29 heavy (non-hydrogen) atoms. The highest BCUT2D eigenvalue weighted by Crippen LogP contribution is 2.20. The van der Waals surface area contributed by atoms with Gasteiger partial charge >= 0.3 is 5.97 Å². The van der Waals surface area contributed by atoms with Gasteiger partial charge < -0.3 is 4.74 Å². The fourth-order valence-corrected chi connectivity index (χ4v) is 3.42. The van der Waals surface area contributed by atoms with Crippen molar-refractivity contribution in [3.05, 3.63) is 83.4 Å². The van der Waals surface area contributed by atoms with Gasteiger partial charge in [-0.25, -0.2) is 4.79 Å². The van der Waals surface area contributed by atoms with Crippen molar-refractivity contribution in [1.29, 1.82) is 0 Å². The Hall–Kier alpha value is -2.72. The zero-order chi connectivity index (χ0) is 21.2. The van der Waals surface area contributed by atoms with Gasteiger partial charge in [-0.15, -0.1) is 0 Å². The number of ketones is 1. The first-order chi connectivity index (χ1) is 13.9. The summed E-state index contributed by atoms with van der Waals surface area (Å²) in [5.74, 6) is -0.431. The molecule has 0 N–H and O–H groups in total. The molecular formula is C25H31NO3. The molecule has 2 aromatic carbocycles. The van der Waals surface area contributed by atoms with Crippen LogP contribution in [0.3, 0.4) is 0 Å². The molecule has 0 amide bonds. The lowest BCUT2D eigenvalue weighted by molar-refractivity contribution is -0.138. The van der Waals surface area contributed by atoms with Crippen molar-refractivity contribution in [3.8, 4) is 0 Å². The van der Waals surface area contributed by atoms with Gasteiger partial charge in [-0.05, 0) is 37.0 Å². The van der Waals surface area contributed by atoms with E-state index < -0.39 is 5.97 Å². The largest absolute Gasteiger partial charge is 0.463 e. The molecular weight excluding hydrogens is 362 g/mol. The van der Waals surface area contributed by atoms with Gasteiger partial charge in [0, 0.05) is 18.7 Å². The summed E-state index contributed by atoms with van der Waals surface area (Å²) in [4.78, 5) is 27.4. The maximum Gasteiger partial charge on any atom is 0.333 e. The molecule has 0 radical (unpaired) electrons. The van der Waals surface area contributed by atoms with Crippen LogP contribution in [-0.2, 0) is 27.4 Å². The van der Waals surface area contributed by atoms with Gasteiger partial charge in [0.15, 0.2) is 5.78 Å². The summed E-state index contributed by atoms with van der Waals surface area (Å²) in [5, 5.41) is 0. The molecule has 2 rings (SSSR count). The SMILES string of the molecule is CCOC(=O)/C(C)=C/C(=O)[C@@H](C(C)C)N(Cc1ccccc1)Cc1ccccc1. The number of hydrogen-bond acceptors (Lipinski definition) is 4. The normalized spacial score (nSPS) is 12.8. The van der Waals surface area contributed by atoms with Gasteiger partial charge in [0.2, 0.25) is 0 Å². The smallest absolute Gasteiger partial charge is 0.333 e. The zero-order valence-corrected chi connectivity index (χ0v) is 17.8. The highest BCUT2D eigenvalue weighted by atomic mass is 16.5. The lowest BCUT2D eigenvalue weighted by atomic mass is 9.95. The second kappa shape index (κ2) is 11.3. The van der Waals surface area contributed by atoms with E-state index >= 15 is 0 Å². The number of esters is 1. The minimum atomic E-state index is -0.443. The number of carbonyl (C=O) groups is 2. The molecule has 0 bridgehead atoms. The lowest BCUT2D eigenvalue weighted by Gasteiger charge is -2.33. The third kappa shape index (κ3) is 6.99. The molecule has 154 valence electrons. The molecule has 0 spiro atoms. The monoisotopic (exact) mass is 393 g/mol. The van der Waals surface area contributed by atoms with E-state index in [1.807, 2.05) is 50.2 Å². The van der Waals surface area contributed by atoms with E-state index in [0.717, 1.165) is 11.1 Å². The van der Waals surface area contributed by atoms with Crippen LogP contribution in [0.5, 0.6) is 0 Å². The predicted molar refractivity (Wildman–Crippen MR) is 116 cm³/mol. The molecule has 0 aliphatic rings. The number of ether oxygens (including phenoxy) is 1. The standard InChI is InChI=1S/C25H31NO3/c1-5-29-25(28)20(4)16-23(27)24(19(2)3)26(17-21-12-8-6-9-13-21)18-22-14-10-7-11-15-22/h6-16,19,24H,5,17-18H2,1-4H3/b20-16+/t24-/m1/s1. The van der Waals surface area contributed by atoms with Gasteiger partial charge in [-0.2, -0.15) is 0 Å². The van der Waals surface area contributed by atoms with E-state index in [2.05, 4.69) is 29.2 Å². The van der Waals surface area contributed by atoms with Crippen molar-refractivity contribution in [2.45, 2.75) is 46.8 Å². The first-order valence-corrected chi connectivity index (χ1v) is 10.1. The van der Waals surface area contributed by atoms with Crippen LogP contribution >= 0.6 is 0 Å². The van der Waals surface area contributed by atoms with Gasteiger partial charge in [-0.1, -0.05) is 74.5 Å². The number of rotatable bonds is 10. The van der Waals surface area contributed by atoms with Crippen LogP contribution in [0.1, 0.15) is 38.8 Å². The van der Waals surface area contributed by atoms with E-state index in [1.165, 1.54) is 6.08 Å². The van der Waals surface area contributed by atoms with E-state index in [9.17, 15) is 9.59 Å². The molecule has 0 saturated carbocycles. The minimum Gasteiger partial charge on any atom is -0.463 e. The molecule has 0 aliphatic carbocycles. The van der Waals surface area contributed by atoms with E-state index in [1.54, 1.807) is 13.8 Å². The second-order valence-electron chi connectivity index (χ2n) is 7.52. The van der Waals surface area contributed by atoms with Gasteiger partial charge in [0.05, 0.1) is 12.6 Å². The predicted octanol–water partition coefficient (Wildman–Crippen LogP) is 4.79. The summed E-state index contributed by atoms with van der Waals surface area (Å²) in [6.07, 6.45) is 1.44. The average Bonchev–Trinajstić information content (AvgIpc) is 2.69. The molecule has 1 atom stereocenters. The van der Waals surface area contributed by atoms with Crippen LogP contribution in [0.25, 0.3) is 0 Å². The van der Waals surface area contributed by atoms with Crippen LogP contribution in [0.2, 0.25) is 0 Å². The lowest BCUT2D eigenvalue weighted by Crippen LogP contribution is -2.43. The van der Waals surface area contributed by atoms with Crippen LogP contribution in [0.4, 0.5) is 0 Å². The number of nitrogens with zero attached hydrogens (tertiary/aromatic N) is 1. The molecule has 0 saturated heterocycles. The third-order valence-electron chi connectivity index (χ3n) is 4.73. The Bertz CT molecular complexity index is 771. The first-order valence-electron chi connectivity index (χ1n) is 10.1. The summed E-state index contributed by atoms with van der Waals surface area (Å²) in [6.45, 7) is 9.06. The fraction of sp³-hybridized carbons (Fsp3) is 0.360. The second-order valence-corrected chi connectivity index (χ2v) is 7.52.